The molecule has 0 saturated carbocycles. The molecule has 0 fully saturated rings. The number of hydrogen-bond donors (Lipinski definition) is 1. The fourth-order valence-corrected chi connectivity index (χ4v) is 2.37. The molecule has 0 atom stereocenters. The number of hydrogen-bond acceptors (Lipinski definition) is 9. The molecule has 0 radical (unpaired) electrons. The molecule has 3 rings (SSSR count). The second kappa shape index (κ2) is 7.48. The molecule has 0 aliphatic heterocycles. The highest BCUT2D eigenvalue weighted by molar-refractivity contribution is 7.79. The molecule has 3 aromatic rings. The Morgan fingerprint density at radius 1 is 1.26 bits per heavy atom. The quantitative estimate of drug-likeness (QED) is 0.198. The summed E-state index contributed by atoms with van der Waals surface area (Å²) in [7, 11) is -5.17. The van der Waals surface area contributed by atoms with Gasteiger partial charge < -0.3 is 23.2 Å². The van der Waals surface area contributed by atoms with Crippen LogP contribution in [-0.4, -0.2) is 41.5 Å². The Hall–Kier alpha value is -3.36. The molecule has 13 nitrogen and oxygen atoms in total. The number of fused-ring (bicyclic) bond motifs is 1. The third kappa shape index (κ3) is 4.63. The van der Waals surface area contributed by atoms with E-state index in [1.54, 1.807) is 13.1 Å². The van der Waals surface area contributed by atoms with E-state index in [4.69, 9.17) is 17.5 Å². The van der Waals surface area contributed by atoms with Crippen LogP contribution in [0.1, 0.15) is 6.92 Å². The van der Waals surface area contributed by atoms with E-state index in [2.05, 4.69) is 9.97 Å². The summed E-state index contributed by atoms with van der Waals surface area (Å²) < 4.78 is 36.8. The Morgan fingerprint density at radius 2 is 1.89 bits per heavy atom. The van der Waals surface area contributed by atoms with Crippen LogP contribution < -0.4 is 11.1 Å². The Labute approximate surface area is 150 Å². The number of nitrogens with one attached hydrogen (secondary N) is 1. The van der Waals surface area contributed by atoms with E-state index >= 15 is 0 Å². The normalized spacial score (nSPS) is 11.1. The van der Waals surface area contributed by atoms with Crippen molar-refractivity contribution in [2.24, 2.45) is 0 Å². The first-order chi connectivity index (χ1) is 12.5. The minimum atomic E-state index is -5.17. The van der Waals surface area contributed by atoms with Gasteiger partial charge in [0.25, 0.3) is 5.69 Å². The van der Waals surface area contributed by atoms with Crippen molar-refractivity contribution >= 4 is 27.1 Å². The van der Waals surface area contributed by atoms with Crippen molar-refractivity contribution in [1.82, 2.24) is 19.1 Å². The topological polar surface area (TPSA) is 196 Å². The maximum Gasteiger partial charge on any atom is 0.316 e. The van der Waals surface area contributed by atoms with Gasteiger partial charge in [0.1, 0.15) is 5.69 Å². The van der Waals surface area contributed by atoms with Crippen LogP contribution in [0.5, 0.6) is 0 Å². The second-order valence-electron chi connectivity index (χ2n) is 5.00. The molecule has 1 aromatic carbocycles. The number of benzene rings is 1. The van der Waals surface area contributed by atoms with Gasteiger partial charge in [-0.15, -0.1) is 0 Å². The lowest BCUT2D eigenvalue weighted by atomic mass is 10.2. The smallest absolute Gasteiger partial charge is 0.316 e. The number of nitro benzene ring substituents is 1. The molecule has 1 N–H and O–H groups in total. The van der Waals surface area contributed by atoms with Crippen molar-refractivity contribution in [3.05, 3.63) is 61.7 Å². The molecule has 0 spiro atoms. The number of imidazole rings is 1. The summed E-state index contributed by atoms with van der Waals surface area (Å²) in [6, 6.07) is 2.74. The molecule has 14 heteroatoms. The van der Waals surface area contributed by atoms with Gasteiger partial charge in [-0.1, -0.05) is 0 Å². The standard InChI is InChI=1S/C13H11N5O4.H2O4S/c1-2-17-9-6-10(16-4-3-14-7-16)11(18(21)22)5-8(9)15-12(19)13(17)20;1-5(2,3)4/h3-7H,2H2,1H3,(H,15,19);(H2,1,2,3,4)/p-2. The molecule has 0 bridgehead atoms. The Balaban J connectivity index is 0.000000465. The molecule has 2 aromatic heterocycles. The monoisotopic (exact) mass is 397 g/mol. The van der Waals surface area contributed by atoms with E-state index in [9.17, 15) is 19.7 Å². The summed E-state index contributed by atoms with van der Waals surface area (Å²) in [6.45, 7) is 2.00. The van der Waals surface area contributed by atoms with Gasteiger partial charge in [-0.25, -0.2) is 4.98 Å². The molecule has 0 saturated heterocycles. The van der Waals surface area contributed by atoms with Crippen molar-refractivity contribution in [2.45, 2.75) is 13.5 Å². The fourth-order valence-electron chi connectivity index (χ4n) is 2.37. The third-order valence-corrected chi connectivity index (χ3v) is 3.37. The van der Waals surface area contributed by atoms with Gasteiger partial charge in [0.05, 0.1) is 22.3 Å². The van der Waals surface area contributed by atoms with Crippen molar-refractivity contribution in [1.29, 1.82) is 0 Å². The number of aromatic nitrogens is 4. The SMILES string of the molecule is CCn1c(=O)c(=O)[nH]c2cc([N+](=O)[O-])c(-n3ccnc3)cc21.O=S(=O)([O-])[O-]. The molecule has 0 unspecified atom stereocenters. The zero-order valence-corrected chi connectivity index (χ0v) is 14.4. The van der Waals surface area contributed by atoms with E-state index in [1.165, 1.54) is 33.8 Å². The first-order valence-electron chi connectivity index (χ1n) is 7.13. The lowest BCUT2D eigenvalue weighted by molar-refractivity contribution is -0.384. The van der Waals surface area contributed by atoms with E-state index in [0.717, 1.165) is 0 Å². The van der Waals surface area contributed by atoms with Gasteiger partial charge in [0.15, 0.2) is 0 Å². The van der Waals surface area contributed by atoms with Crippen molar-refractivity contribution in [3.8, 4) is 5.69 Å². The Kier molecular flexibility index (Phi) is 5.53. The van der Waals surface area contributed by atoms with Crippen LogP contribution in [0.3, 0.4) is 0 Å². The highest BCUT2D eigenvalue weighted by Gasteiger charge is 2.19. The van der Waals surface area contributed by atoms with E-state index in [-0.39, 0.29) is 23.4 Å². The largest absolute Gasteiger partial charge is 0.759 e. The minimum absolute atomic E-state index is 0.192. The minimum Gasteiger partial charge on any atom is -0.759 e. The van der Waals surface area contributed by atoms with Gasteiger partial charge in [-0.05, 0) is 13.0 Å². The van der Waals surface area contributed by atoms with Gasteiger partial charge in [0.2, 0.25) is 0 Å². The summed E-state index contributed by atoms with van der Waals surface area (Å²) in [5.41, 5.74) is -0.769. The van der Waals surface area contributed by atoms with Crippen molar-refractivity contribution in [2.75, 3.05) is 0 Å². The molecular formula is C13H11N5O8S-2. The molecule has 0 aliphatic rings. The van der Waals surface area contributed by atoms with Crippen LogP contribution >= 0.6 is 0 Å². The third-order valence-electron chi connectivity index (χ3n) is 3.37. The first-order valence-corrected chi connectivity index (χ1v) is 8.46. The molecule has 0 amide bonds. The predicted octanol–water partition coefficient (Wildman–Crippen LogP) is -0.534. The van der Waals surface area contributed by atoms with Gasteiger partial charge >= 0.3 is 11.1 Å². The zero-order chi connectivity index (χ0) is 20.4. The van der Waals surface area contributed by atoms with E-state index in [1.807, 2.05) is 0 Å². The average Bonchev–Trinajstić information content (AvgIpc) is 3.08. The highest BCUT2D eigenvalue weighted by atomic mass is 32.3. The average molecular weight is 397 g/mol. The van der Waals surface area contributed by atoms with Gasteiger partial charge in [-0.2, -0.15) is 0 Å². The van der Waals surface area contributed by atoms with E-state index < -0.39 is 26.4 Å². The van der Waals surface area contributed by atoms with Crippen LogP contribution in [0.2, 0.25) is 0 Å². The number of H-pyrrole nitrogens is 1. The summed E-state index contributed by atoms with van der Waals surface area (Å²) >= 11 is 0. The first kappa shape index (κ1) is 20.0. The molecule has 0 aliphatic carbocycles. The van der Waals surface area contributed by atoms with Crippen LogP contribution in [-0.2, 0) is 16.9 Å². The summed E-state index contributed by atoms with van der Waals surface area (Å²) in [4.78, 5) is 40.5. The summed E-state index contributed by atoms with van der Waals surface area (Å²) in [6.07, 6.45) is 4.48. The zero-order valence-electron chi connectivity index (χ0n) is 13.6. The molecular weight excluding hydrogens is 386 g/mol. The van der Waals surface area contributed by atoms with E-state index in [0.29, 0.717) is 5.52 Å². The molecule has 27 heavy (non-hydrogen) atoms. The van der Waals surface area contributed by atoms with Crippen LogP contribution in [0.15, 0.2) is 40.4 Å². The maximum atomic E-state index is 11.9. The van der Waals surface area contributed by atoms with Crippen LogP contribution in [0.4, 0.5) is 5.69 Å². The Bertz CT molecular complexity index is 1200. The lowest BCUT2D eigenvalue weighted by Gasteiger charge is -2.10. The summed E-state index contributed by atoms with van der Waals surface area (Å²) in [5, 5.41) is 11.3. The molecule has 2 heterocycles. The summed E-state index contributed by atoms with van der Waals surface area (Å²) in [5.74, 6) is 0. The van der Waals surface area contributed by atoms with Gasteiger partial charge in [-0.3, -0.25) is 28.1 Å². The number of nitrogens with zero attached hydrogens (tertiary/aromatic N) is 4. The fraction of sp³-hybridized carbons (Fsp3) is 0.154. The number of aromatic amines is 1. The van der Waals surface area contributed by atoms with Crippen LogP contribution in [0, 0.1) is 10.1 Å². The molecule has 144 valence electrons. The Morgan fingerprint density at radius 3 is 2.37 bits per heavy atom. The maximum absolute atomic E-state index is 11.9. The number of rotatable bonds is 3. The predicted molar refractivity (Wildman–Crippen MR) is 88.8 cm³/mol. The number of nitro groups is 1. The number of aryl methyl sites for hydroxylation is 1. The van der Waals surface area contributed by atoms with Crippen molar-refractivity contribution in [3.63, 3.8) is 0 Å². The second-order valence-corrected chi connectivity index (χ2v) is 5.81. The van der Waals surface area contributed by atoms with Crippen LogP contribution in [0.25, 0.3) is 16.7 Å². The van der Waals surface area contributed by atoms with Crippen molar-refractivity contribution < 1.29 is 22.4 Å². The highest BCUT2D eigenvalue weighted by Crippen LogP contribution is 2.27. The lowest BCUT2D eigenvalue weighted by Crippen LogP contribution is -2.36. The van der Waals surface area contributed by atoms with Gasteiger partial charge in [0, 0.05) is 35.4 Å².